The molecule has 12 heteroatoms. The van der Waals surface area contributed by atoms with Gasteiger partial charge in [0.1, 0.15) is 12.1 Å². The van der Waals surface area contributed by atoms with Crippen LogP contribution in [0.15, 0.2) is 42.9 Å². The number of imidazole rings is 1. The number of H-pyrrole nitrogens is 1. The maximum atomic E-state index is 12.9. The number of nitrogens with two attached hydrogens (primary N) is 2. The summed E-state index contributed by atoms with van der Waals surface area (Å²) in [6.45, 7) is 0.0371. The quantitative estimate of drug-likeness (QED) is 0.152. The Kier molecular flexibility index (Phi) is 11.4. The summed E-state index contributed by atoms with van der Waals surface area (Å²) < 4.78 is 0. The first kappa shape index (κ1) is 27.5. The molecule has 1 aromatic carbocycles. The molecule has 0 saturated heterocycles. The van der Waals surface area contributed by atoms with Gasteiger partial charge in [0, 0.05) is 24.7 Å². The average Bonchev–Trinajstić information content (AvgIpc) is 3.35. The van der Waals surface area contributed by atoms with Gasteiger partial charge in [-0.3, -0.25) is 14.4 Å². The van der Waals surface area contributed by atoms with Crippen LogP contribution in [0.4, 0.5) is 0 Å². The van der Waals surface area contributed by atoms with Crippen molar-refractivity contribution in [1.82, 2.24) is 25.9 Å². The van der Waals surface area contributed by atoms with E-state index in [1.807, 2.05) is 30.3 Å². The van der Waals surface area contributed by atoms with Crippen LogP contribution in [0.25, 0.3) is 0 Å². The van der Waals surface area contributed by atoms with Crippen molar-refractivity contribution in [1.29, 1.82) is 0 Å². The number of carbonyl (C=O) groups is 4. The zero-order chi connectivity index (χ0) is 25.6. The number of carboxylic acids is 1. The van der Waals surface area contributed by atoms with Gasteiger partial charge in [-0.25, -0.2) is 9.78 Å². The predicted molar refractivity (Wildman–Crippen MR) is 128 cm³/mol. The molecule has 12 nitrogen and oxygen atoms in total. The maximum Gasteiger partial charge on any atom is 0.326 e. The van der Waals surface area contributed by atoms with E-state index in [4.69, 9.17) is 11.5 Å². The summed E-state index contributed by atoms with van der Waals surface area (Å²) in [5, 5.41) is 16.9. The molecule has 0 bridgehead atoms. The molecule has 0 fully saturated rings. The second-order valence-electron chi connectivity index (χ2n) is 8.10. The molecule has 0 spiro atoms. The number of benzene rings is 1. The Morgan fingerprint density at radius 1 is 1.00 bits per heavy atom. The van der Waals surface area contributed by atoms with Crippen LogP contribution in [0.3, 0.4) is 0 Å². The number of aliphatic carboxylic acids is 1. The molecule has 2 aromatic rings. The molecule has 3 unspecified atom stereocenters. The number of aromatic nitrogens is 2. The van der Waals surface area contributed by atoms with Gasteiger partial charge < -0.3 is 37.5 Å². The van der Waals surface area contributed by atoms with Gasteiger partial charge in [-0.1, -0.05) is 36.8 Å². The molecule has 0 saturated carbocycles. The van der Waals surface area contributed by atoms with E-state index >= 15 is 0 Å². The molecule has 190 valence electrons. The zero-order valence-electron chi connectivity index (χ0n) is 19.4. The highest BCUT2D eigenvalue weighted by molar-refractivity contribution is 5.92. The monoisotopic (exact) mass is 487 g/mol. The molecule has 35 heavy (non-hydrogen) atoms. The number of carboxylic acid groups (broad SMARTS) is 1. The Morgan fingerprint density at radius 2 is 1.74 bits per heavy atom. The normalized spacial score (nSPS) is 13.3. The number of aromatic amines is 1. The van der Waals surface area contributed by atoms with Gasteiger partial charge in [0.2, 0.25) is 17.7 Å². The number of hydrogen-bond donors (Lipinski definition) is 7. The minimum atomic E-state index is -1.22. The first-order valence-corrected chi connectivity index (χ1v) is 11.4. The van der Waals surface area contributed by atoms with Crippen molar-refractivity contribution in [3.8, 4) is 0 Å². The van der Waals surface area contributed by atoms with E-state index in [1.54, 1.807) is 0 Å². The van der Waals surface area contributed by atoms with Crippen LogP contribution in [0, 0.1) is 0 Å². The number of nitrogens with zero attached hydrogens (tertiary/aromatic N) is 1. The lowest BCUT2D eigenvalue weighted by Crippen LogP contribution is -2.54. The minimum Gasteiger partial charge on any atom is -0.480 e. The third kappa shape index (κ3) is 9.94. The van der Waals surface area contributed by atoms with Crippen molar-refractivity contribution < 1.29 is 24.3 Å². The van der Waals surface area contributed by atoms with Crippen LogP contribution in [0.5, 0.6) is 0 Å². The predicted octanol–water partition coefficient (Wildman–Crippen LogP) is -1.18. The molecule has 0 aliphatic rings. The zero-order valence-corrected chi connectivity index (χ0v) is 19.4. The molecular formula is C23H33N7O5. The fourth-order valence-corrected chi connectivity index (χ4v) is 3.33. The smallest absolute Gasteiger partial charge is 0.326 e. The lowest BCUT2D eigenvalue weighted by molar-refractivity contribution is -0.141. The number of hydrogen-bond acceptors (Lipinski definition) is 7. The van der Waals surface area contributed by atoms with E-state index in [0.717, 1.165) is 12.0 Å². The lowest BCUT2D eigenvalue weighted by atomic mass is 10.0. The highest BCUT2D eigenvalue weighted by atomic mass is 16.4. The van der Waals surface area contributed by atoms with Gasteiger partial charge in [-0.05, 0) is 24.9 Å². The highest BCUT2D eigenvalue weighted by Gasteiger charge is 2.25. The Bertz CT molecular complexity index is 952. The maximum absolute atomic E-state index is 12.9. The highest BCUT2D eigenvalue weighted by Crippen LogP contribution is 2.05. The van der Waals surface area contributed by atoms with E-state index < -0.39 is 48.4 Å². The van der Waals surface area contributed by atoms with Crippen molar-refractivity contribution in [3.05, 3.63) is 54.1 Å². The number of rotatable bonds is 15. The number of amides is 3. The molecule has 0 aliphatic heterocycles. The average molecular weight is 488 g/mol. The minimum absolute atomic E-state index is 0.00372. The van der Waals surface area contributed by atoms with Gasteiger partial charge in [0.25, 0.3) is 0 Å². The van der Waals surface area contributed by atoms with Crippen molar-refractivity contribution in [2.75, 3.05) is 13.1 Å². The van der Waals surface area contributed by atoms with Gasteiger partial charge in [-0.2, -0.15) is 0 Å². The molecule has 3 atom stereocenters. The molecule has 3 amide bonds. The Labute approximate surface area is 203 Å². The van der Waals surface area contributed by atoms with E-state index in [0.29, 0.717) is 25.1 Å². The fourth-order valence-electron chi connectivity index (χ4n) is 3.33. The topological polar surface area (TPSA) is 205 Å². The number of unbranched alkanes of at least 4 members (excludes halogenated alkanes) is 1. The van der Waals surface area contributed by atoms with E-state index in [9.17, 15) is 24.3 Å². The van der Waals surface area contributed by atoms with Crippen molar-refractivity contribution >= 4 is 23.7 Å². The second kappa shape index (κ2) is 14.5. The standard InChI is InChI=1S/C23H33N7O5/c24-9-5-4-8-17(25)21(32)30-18(10-15-6-2-1-3-7-15)22(33)27-13-20(31)29-19(23(34)35)11-16-12-26-14-28-16/h1-3,6-7,12,14,17-19H,4-5,8-11,13,24-25H2,(H,26,28)(H,27,33)(H,29,31)(H,30,32)(H,34,35). The Hall–Kier alpha value is -3.77. The second-order valence-corrected chi connectivity index (χ2v) is 8.10. The molecule has 1 heterocycles. The van der Waals surface area contributed by atoms with Crippen molar-refractivity contribution in [2.24, 2.45) is 11.5 Å². The van der Waals surface area contributed by atoms with Gasteiger partial charge in [-0.15, -0.1) is 0 Å². The fraction of sp³-hybridized carbons (Fsp3) is 0.435. The van der Waals surface area contributed by atoms with E-state index in [-0.39, 0.29) is 12.8 Å². The van der Waals surface area contributed by atoms with Crippen LogP contribution in [-0.4, -0.2) is 70.0 Å². The van der Waals surface area contributed by atoms with Gasteiger partial charge in [0.05, 0.1) is 18.9 Å². The first-order valence-electron chi connectivity index (χ1n) is 11.4. The van der Waals surface area contributed by atoms with Crippen molar-refractivity contribution in [2.45, 2.75) is 50.2 Å². The summed E-state index contributed by atoms with van der Waals surface area (Å²) in [6, 6.07) is 6.10. The summed E-state index contributed by atoms with van der Waals surface area (Å²) in [7, 11) is 0. The molecule has 1 aromatic heterocycles. The van der Waals surface area contributed by atoms with E-state index in [1.165, 1.54) is 12.5 Å². The third-order valence-electron chi connectivity index (χ3n) is 5.26. The number of nitrogens with one attached hydrogen (secondary N) is 4. The van der Waals surface area contributed by atoms with Crippen molar-refractivity contribution in [3.63, 3.8) is 0 Å². The molecule has 9 N–H and O–H groups in total. The summed E-state index contributed by atoms with van der Waals surface area (Å²) in [6.07, 6.45) is 4.91. The summed E-state index contributed by atoms with van der Waals surface area (Å²) in [5.74, 6) is -2.98. The number of carbonyl (C=O) groups excluding carboxylic acids is 3. The molecular weight excluding hydrogens is 454 g/mol. The largest absolute Gasteiger partial charge is 0.480 e. The van der Waals surface area contributed by atoms with Crippen LogP contribution in [-0.2, 0) is 32.0 Å². The SMILES string of the molecule is NCCCCC(N)C(=O)NC(Cc1ccccc1)C(=O)NCC(=O)NC(Cc1cnc[nH]1)C(=O)O. The molecule has 0 radical (unpaired) electrons. The third-order valence-corrected chi connectivity index (χ3v) is 5.26. The summed E-state index contributed by atoms with van der Waals surface area (Å²) >= 11 is 0. The van der Waals surface area contributed by atoms with E-state index in [2.05, 4.69) is 25.9 Å². The van der Waals surface area contributed by atoms with Crippen LogP contribution in [0.2, 0.25) is 0 Å². The molecule has 2 rings (SSSR count). The lowest BCUT2D eigenvalue weighted by Gasteiger charge is -2.21. The van der Waals surface area contributed by atoms with Gasteiger partial charge in [0.15, 0.2) is 0 Å². The van der Waals surface area contributed by atoms with Crippen LogP contribution >= 0.6 is 0 Å². The summed E-state index contributed by atoms with van der Waals surface area (Å²) in [4.78, 5) is 55.8. The molecule has 0 aliphatic carbocycles. The summed E-state index contributed by atoms with van der Waals surface area (Å²) in [5.41, 5.74) is 12.8. The van der Waals surface area contributed by atoms with Gasteiger partial charge >= 0.3 is 5.97 Å². The Morgan fingerprint density at radius 3 is 2.37 bits per heavy atom. The Balaban J connectivity index is 1.96. The first-order chi connectivity index (χ1) is 16.8. The van der Waals surface area contributed by atoms with Crippen LogP contribution in [0.1, 0.15) is 30.5 Å². The van der Waals surface area contributed by atoms with Crippen LogP contribution < -0.4 is 27.4 Å².